The molecule has 76 valence electrons. The molecule has 1 atom stereocenters. The Hall–Kier alpha value is -1.06. The standard InChI is InChI=1S/C11H15NO2/c1-8(12-2)5-9-3-4-10-7-13-14-11(10)6-9/h3-4,6,8,12H,5,7H2,1-2H3/t8-/m1/s1. The third-order valence-electron chi connectivity index (χ3n) is 2.53. The normalized spacial score (nSPS) is 16.1. The molecule has 0 saturated carbocycles. The molecule has 3 heteroatoms. The summed E-state index contributed by atoms with van der Waals surface area (Å²) in [5, 5.41) is 3.21. The van der Waals surface area contributed by atoms with E-state index in [0.29, 0.717) is 12.6 Å². The fourth-order valence-corrected chi connectivity index (χ4v) is 1.53. The van der Waals surface area contributed by atoms with Gasteiger partial charge in [-0.1, -0.05) is 12.1 Å². The van der Waals surface area contributed by atoms with Crippen LogP contribution in [0.5, 0.6) is 5.75 Å². The topological polar surface area (TPSA) is 30.5 Å². The molecule has 0 fully saturated rings. The summed E-state index contributed by atoms with van der Waals surface area (Å²) >= 11 is 0. The van der Waals surface area contributed by atoms with Crippen LogP contribution < -0.4 is 10.2 Å². The highest BCUT2D eigenvalue weighted by Crippen LogP contribution is 2.27. The highest BCUT2D eigenvalue weighted by Gasteiger charge is 2.14. The Morgan fingerprint density at radius 3 is 3.14 bits per heavy atom. The Balaban J connectivity index is 2.12. The van der Waals surface area contributed by atoms with E-state index in [1.165, 1.54) is 5.56 Å². The maximum absolute atomic E-state index is 5.03. The van der Waals surface area contributed by atoms with Gasteiger partial charge < -0.3 is 10.2 Å². The summed E-state index contributed by atoms with van der Waals surface area (Å²) in [5.41, 5.74) is 2.40. The lowest BCUT2D eigenvalue weighted by atomic mass is 10.0. The van der Waals surface area contributed by atoms with Gasteiger partial charge in [0.25, 0.3) is 0 Å². The van der Waals surface area contributed by atoms with Crippen LogP contribution in [0.1, 0.15) is 18.1 Å². The van der Waals surface area contributed by atoms with Crippen LogP contribution in [0.3, 0.4) is 0 Å². The van der Waals surface area contributed by atoms with Crippen LogP contribution in [0.2, 0.25) is 0 Å². The first-order valence-corrected chi connectivity index (χ1v) is 4.88. The van der Waals surface area contributed by atoms with E-state index in [4.69, 9.17) is 9.78 Å². The molecule has 1 heterocycles. The maximum Gasteiger partial charge on any atom is 0.171 e. The third kappa shape index (κ3) is 1.89. The lowest BCUT2D eigenvalue weighted by Gasteiger charge is -2.09. The summed E-state index contributed by atoms with van der Waals surface area (Å²) in [6, 6.07) is 6.73. The molecule has 1 N–H and O–H groups in total. The number of rotatable bonds is 3. The van der Waals surface area contributed by atoms with Gasteiger partial charge in [-0.25, -0.2) is 0 Å². The smallest absolute Gasteiger partial charge is 0.171 e. The van der Waals surface area contributed by atoms with Crippen molar-refractivity contribution in [2.24, 2.45) is 0 Å². The molecule has 0 aliphatic carbocycles. The van der Waals surface area contributed by atoms with Crippen LogP contribution in [-0.2, 0) is 17.9 Å². The molecule has 1 aromatic carbocycles. The fourth-order valence-electron chi connectivity index (χ4n) is 1.53. The van der Waals surface area contributed by atoms with Crippen molar-refractivity contribution in [2.45, 2.75) is 26.0 Å². The van der Waals surface area contributed by atoms with Crippen LogP contribution in [0, 0.1) is 0 Å². The number of nitrogens with one attached hydrogen (secondary N) is 1. The van der Waals surface area contributed by atoms with Gasteiger partial charge in [0, 0.05) is 11.6 Å². The van der Waals surface area contributed by atoms with E-state index in [1.54, 1.807) is 0 Å². The summed E-state index contributed by atoms with van der Waals surface area (Å²) < 4.78 is 0. The molecule has 1 aliphatic rings. The van der Waals surface area contributed by atoms with Crippen molar-refractivity contribution < 1.29 is 9.78 Å². The molecule has 0 unspecified atom stereocenters. The predicted molar refractivity (Wildman–Crippen MR) is 54.1 cm³/mol. The van der Waals surface area contributed by atoms with Gasteiger partial charge in [-0.3, -0.25) is 0 Å². The van der Waals surface area contributed by atoms with Crippen LogP contribution in [0.4, 0.5) is 0 Å². The minimum absolute atomic E-state index is 0.482. The molecular formula is C11H15NO2. The van der Waals surface area contributed by atoms with Crippen LogP contribution >= 0.6 is 0 Å². The average molecular weight is 193 g/mol. The first-order valence-electron chi connectivity index (χ1n) is 4.88. The van der Waals surface area contributed by atoms with Gasteiger partial charge in [0.05, 0.1) is 0 Å². The second-order valence-electron chi connectivity index (χ2n) is 3.68. The Labute approximate surface area is 84.0 Å². The average Bonchev–Trinajstić information content (AvgIpc) is 2.64. The number of hydrogen-bond donors (Lipinski definition) is 1. The zero-order chi connectivity index (χ0) is 9.97. The van der Waals surface area contributed by atoms with Crippen LogP contribution in [0.15, 0.2) is 18.2 Å². The molecule has 0 spiro atoms. The Morgan fingerprint density at radius 2 is 2.36 bits per heavy atom. The summed E-state index contributed by atoms with van der Waals surface area (Å²) in [6.45, 7) is 2.72. The summed E-state index contributed by atoms with van der Waals surface area (Å²) in [7, 11) is 1.97. The summed E-state index contributed by atoms with van der Waals surface area (Å²) in [4.78, 5) is 9.92. The molecule has 2 rings (SSSR count). The molecule has 0 bridgehead atoms. The molecule has 0 radical (unpaired) electrons. The number of benzene rings is 1. The van der Waals surface area contributed by atoms with Crippen LogP contribution in [-0.4, -0.2) is 13.1 Å². The molecule has 0 aromatic heterocycles. The van der Waals surface area contributed by atoms with Gasteiger partial charge in [0.1, 0.15) is 6.61 Å². The Bertz CT molecular complexity index is 325. The second kappa shape index (κ2) is 3.98. The highest BCUT2D eigenvalue weighted by molar-refractivity contribution is 5.38. The van der Waals surface area contributed by atoms with Gasteiger partial charge in [-0.05, 0) is 32.0 Å². The molecule has 14 heavy (non-hydrogen) atoms. The zero-order valence-electron chi connectivity index (χ0n) is 8.54. The summed E-state index contributed by atoms with van der Waals surface area (Å²) in [6.07, 6.45) is 1.01. The highest BCUT2D eigenvalue weighted by atomic mass is 17.2. The lowest BCUT2D eigenvalue weighted by molar-refractivity contribution is -0.194. The van der Waals surface area contributed by atoms with Crippen molar-refractivity contribution in [1.29, 1.82) is 0 Å². The first kappa shape index (κ1) is 9.49. The Kier molecular flexibility index (Phi) is 2.70. The molecule has 1 aliphatic heterocycles. The second-order valence-corrected chi connectivity index (χ2v) is 3.68. The van der Waals surface area contributed by atoms with Crippen molar-refractivity contribution in [2.75, 3.05) is 7.05 Å². The van der Waals surface area contributed by atoms with Gasteiger partial charge in [-0.2, -0.15) is 4.89 Å². The van der Waals surface area contributed by atoms with Crippen molar-refractivity contribution in [1.82, 2.24) is 5.32 Å². The van der Waals surface area contributed by atoms with E-state index >= 15 is 0 Å². The van der Waals surface area contributed by atoms with Crippen molar-refractivity contribution in [3.05, 3.63) is 29.3 Å². The Morgan fingerprint density at radius 1 is 1.50 bits per heavy atom. The minimum atomic E-state index is 0.482. The van der Waals surface area contributed by atoms with Crippen molar-refractivity contribution >= 4 is 0 Å². The van der Waals surface area contributed by atoms with E-state index in [-0.39, 0.29) is 0 Å². The molecule has 3 nitrogen and oxygen atoms in total. The number of fused-ring (bicyclic) bond motifs is 1. The quantitative estimate of drug-likeness (QED) is 0.740. The predicted octanol–water partition coefficient (Wildman–Crippen LogP) is 1.66. The monoisotopic (exact) mass is 193 g/mol. The molecule has 1 aromatic rings. The maximum atomic E-state index is 5.03. The van der Waals surface area contributed by atoms with Crippen LogP contribution in [0.25, 0.3) is 0 Å². The van der Waals surface area contributed by atoms with Gasteiger partial charge in [0.2, 0.25) is 0 Å². The number of likely N-dealkylation sites (N-methyl/N-ethyl adjacent to an activating group) is 1. The van der Waals surface area contributed by atoms with Gasteiger partial charge in [0.15, 0.2) is 5.75 Å². The van der Waals surface area contributed by atoms with Gasteiger partial charge in [-0.15, -0.1) is 0 Å². The largest absolute Gasteiger partial charge is 0.337 e. The van der Waals surface area contributed by atoms with E-state index < -0.39 is 0 Å². The zero-order valence-corrected chi connectivity index (χ0v) is 8.54. The molecule has 0 saturated heterocycles. The van der Waals surface area contributed by atoms with Gasteiger partial charge >= 0.3 is 0 Å². The number of hydrogen-bond acceptors (Lipinski definition) is 3. The molecular weight excluding hydrogens is 178 g/mol. The first-order chi connectivity index (χ1) is 6.79. The van der Waals surface area contributed by atoms with E-state index in [2.05, 4.69) is 30.4 Å². The fraction of sp³-hybridized carbons (Fsp3) is 0.455. The summed E-state index contributed by atoms with van der Waals surface area (Å²) in [5.74, 6) is 0.866. The van der Waals surface area contributed by atoms with E-state index in [1.807, 2.05) is 7.05 Å². The lowest BCUT2D eigenvalue weighted by Crippen LogP contribution is -2.23. The van der Waals surface area contributed by atoms with E-state index in [0.717, 1.165) is 17.7 Å². The third-order valence-corrected chi connectivity index (χ3v) is 2.53. The molecule has 0 amide bonds. The van der Waals surface area contributed by atoms with E-state index in [9.17, 15) is 0 Å². The van der Waals surface area contributed by atoms with Crippen molar-refractivity contribution in [3.8, 4) is 5.75 Å². The van der Waals surface area contributed by atoms with Crippen molar-refractivity contribution in [3.63, 3.8) is 0 Å². The SMILES string of the molecule is CN[C@H](C)Cc1ccc2c(c1)OOC2. The minimum Gasteiger partial charge on any atom is -0.337 e.